The number of urea groups is 1. The first-order chi connectivity index (χ1) is 12.7. The third-order valence-corrected chi connectivity index (χ3v) is 4.75. The van der Waals surface area contributed by atoms with Crippen molar-refractivity contribution in [3.8, 4) is 0 Å². The molecule has 0 aliphatic rings. The Labute approximate surface area is 162 Å². The van der Waals surface area contributed by atoms with Crippen molar-refractivity contribution in [3.63, 3.8) is 0 Å². The summed E-state index contributed by atoms with van der Waals surface area (Å²) in [5.74, 6) is -0.936. The fourth-order valence-electron chi connectivity index (χ4n) is 2.76. The van der Waals surface area contributed by atoms with Crippen molar-refractivity contribution in [3.05, 3.63) is 57.9 Å². The van der Waals surface area contributed by atoms with Gasteiger partial charge in [-0.15, -0.1) is 0 Å². The maximum Gasteiger partial charge on any atom is 0.312 e. The van der Waals surface area contributed by atoms with Crippen molar-refractivity contribution in [2.24, 2.45) is 12.8 Å². The molecule has 0 aliphatic carbocycles. The van der Waals surface area contributed by atoms with Gasteiger partial charge < -0.3 is 20.4 Å². The summed E-state index contributed by atoms with van der Waals surface area (Å²) in [7, 11) is 1.86. The lowest BCUT2D eigenvalue weighted by molar-refractivity contribution is -0.143. The van der Waals surface area contributed by atoms with Crippen molar-refractivity contribution in [1.82, 2.24) is 9.88 Å². The van der Waals surface area contributed by atoms with Gasteiger partial charge in [0.05, 0.1) is 12.5 Å². The molecule has 27 heavy (non-hydrogen) atoms. The average molecular weight is 392 g/mol. The highest BCUT2D eigenvalue weighted by Crippen LogP contribution is 2.25. The number of carbonyl (C=O) groups excluding carboxylic acids is 3. The molecule has 144 valence electrons. The number of nitrogens with one attached hydrogen (secondary N) is 1. The summed E-state index contributed by atoms with van der Waals surface area (Å²) in [5, 5.41) is 2.86. The maximum absolute atomic E-state index is 12.3. The molecule has 0 saturated heterocycles. The molecule has 1 aromatic heterocycles. The van der Waals surface area contributed by atoms with Crippen LogP contribution in [0.1, 0.15) is 39.8 Å². The number of carbonyl (C=O) groups is 3. The van der Waals surface area contributed by atoms with Crippen LogP contribution in [0.25, 0.3) is 0 Å². The summed E-state index contributed by atoms with van der Waals surface area (Å²) >= 11 is 6.13. The van der Waals surface area contributed by atoms with Crippen LogP contribution in [-0.4, -0.2) is 29.0 Å². The smallest absolute Gasteiger partial charge is 0.312 e. The van der Waals surface area contributed by atoms with Gasteiger partial charge in [-0.25, -0.2) is 4.79 Å². The second kappa shape index (κ2) is 8.73. The van der Waals surface area contributed by atoms with Gasteiger partial charge in [-0.05, 0) is 31.5 Å². The topological polar surface area (TPSA) is 103 Å². The molecule has 2 rings (SSSR count). The Bertz CT molecular complexity index is 876. The molecule has 0 bridgehead atoms. The standard InChI is InChI=1S/C19H22ClN3O4/c1-11-8-14(12(2)23(11)3)17(24)10-27-18(25)9-16(22-19(21)26)13-6-4-5-7-15(13)20/h4-8,16H,9-10H2,1-3H3,(H3,21,22,26)/t16-/m1/s1. The highest BCUT2D eigenvalue weighted by molar-refractivity contribution is 6.31. The molecule has 0 saturated carbocycles. The van der Waals surface area contributed by atoms with Gasteiger partial charge >= 0.3 is 12.0 Å². The van der Waals surface area contributed by atoms with Crippen LogP contribution in [0.15, 0.2) is 30.3 Å². The van der Waals surface area contributed by atoms with Crippen LogP contribution in [-0.2, 0) is 16.6 Å². The number of Topliss-reactive ketones (excluding diaryl/α,β-unsaturated/α-hetero) is 1. The van der Waals surface area contributed by atoms with E-state index in [2.05, 4.69) is 5.32 Å². The number of primary amides is 1. The predicted octanol–water partition coefficient (Wildman–Crippen LogP) is 2.82. The van der Waals surface area contributed by atoms with Crippen molar-refractivity contribution in [2.45, 2.75) is 26.3 Å². The summed E-state index contributed by atoms with van der Waals surface area (Å²) in [4.78, 5) is 35.8. The van der Waals surface area contributed by atoms with E-state index >= 15 is 0 Å². The number of ether oxygens (including phenoxy) is 1. The highest BCUT2D eigenvalue weighted by Gasteiger charge is 2.22. The van der Waals surface area contributed by atoms with E-state index in [1.54, 1.807) is 30.3 Å². The highest BCUT2D eigenvalue weighted by atomic mass is 35.5. The third kappa shape index (κ3) is 5.10. The average Bonchev–Trinajstić information content (AvgIpc) is 2.86. The number of hydrogen-bond acceptors (Lipinski definition) is 4. The number of nitrogens with two attached hydrogens (primary N) is 1. The number of hydrogen-bond donors (Lipinski definition) is 2. The van der Waals surface area contributed by atoms with E-state index < -0.39 is 18.0 Å². The Morgan fingerprint density at radius 3 is 2.48 bits per heavy atom. The minimum Gasteiger partial charge on any atom is -0.457 e. The zero-order valence-electron chi connectivity index (χ0n) is 15.4. The largest absolute Gasteiger partial charge is 0.457 e. The van der Waals surface area contributed by atoms with Gasteiger partial charge in [-0.1, -0.05) is 29.8 Å². The molecular weight excluding hydrogens is 370 g/mol. The molecule has 0 radical (unpaired) electrons. The number of amides is 2. The fourth-order valence-corrected chi connectivity index (χ4v) is 3.02. The van der Waals surface area contributed by atoms with E-state index in [-0.39, 0.29) is 18.8 Å². The van der Waals surface area contributed by atoms with Crippen molar-refractivity contribution >= 4 is 29.4 Å². The van der Waals surface area contributed by atoms with Crippen LogP contribution in [0.3, 0.4) is 0 Å². The minimum absolute atomic E-state index is 0.202. The molecule has 1 heterocycles. The first kappa shape index (κ1) is 20.5. The van der Waals surface area contributed by atoms with E-state index in [4.69, 9.17) is 22.1 Å². The Kier molecular flexibility index (Phi) is 6.63. The van der Waals surface area contributed by atoms with Crippen molar-refractivity contribution < 1.29 is 19.1 Å². The van der Waals surface area contributed by atoms with Crippen LogP contribution >= 0.6 is 11.6 Å². The molecule has 3 N–H and O–H groups in total. The van der Waals surface area contributed by atoms with Crippen LogP contribution < -0.4 is 11.1 Å². The molecule has 8 heteroatoms. The summed E-state index contributed by atoms with van der Waals surface area (Å²) in [6.45, 7) is 3.33. The van der Waals surface area contributed by atoms with Crippen LogP contribution in [0.4, 0.5) is 4.79 Å². The van der Waals surface area contributed by atoms with Gasteiger partial charge in [0.1, 0.15) is 0 Å². The summed E-state index contributed by atoms with van der Waals surface area (Å²) in [5.41, 5.74) is 7.98. The summed E-state index contributed by atoms with van der Waals surface area (Å²) in [6, 6.07) is 6.99. The van der Waals surface area contributed by atoms with Crippen molar-refractivity contribution in [2.75, 3.05) is 6.61 Å². The van der Waals surface area contributed by atoms with Gasteiger partial charge in [-0.3, -0.25) is 9.59 Å². The second-order valence-electron chi connectivity index (χ2n) is 6.21. The number of nitrogens with zero attached hydrogens (tertiary/aromatic N) is 1. The molecule has 1 atom stereocenters. The van der Waals surface area contributed by atoms with Crippen LogP contribution in [0.2, 0.25) is 5.02 Å². The molecule has 2 amide bonds. The normalized spacial score (nSPS) is 11.7. The molecule has 1 aromatic carbocycles. The van der Waals surface area contributed by atoms with E-state index in [0.29, 0.717) is 16.1 Å². The van der Waals surface area contributed by atoms with Crippen molar-refractivity contribution in [1.29, 1.82) is 0 Å². The Morgan fingerprint density at radius 1 is 1.26 bits per heavy atom. The lowest BCUT2D eigenvalue weighted by Gasteiger charge is -2.18. The van der Waals surface area contributed by atoms with E-state index in [9.17, 15) is 14.4 Å². The first-order valence-electron chi connectivity index (χ1n) is 8.32. The number of ketones is 1. The summed E-state index contributed by atoms with van der Waals surface area (Å²) in [6.07, 6.45) is -0.202. The Morgan fingerprint density at radius 2 is 1.93 bits per heavy atom. The first-order valence-corrected chi connectivity index (χ1v) is 8.70. The quantitative estimate of drug-likeness (QED) is 0.559. The monoisotopic (exact) mass is 391 g/mol. The van der Waals surface area contributed by atoms with Gasteiger partial charge in [0.25, 0.3) is 0 Å². The van der Waals surface area contributed by atoms with Crippen LogP contribution in [0, 0.1) is 13.8 Å². The molecule has 0 aliphatic heterocycles. The maximum atomic E-state index is 12.3. The van der Waals surface area contributed by atoms with Gasteiger partial charge in [0.15, 0.2) is 6.61 Å². The number of halogens is 1. The van der Waals surface area contributed by atoms with E-state index in [1.807, 2.05) is 25.5 Å². The summed E-state index contributed by atoms with van der Waals surface area (Å²) < 4.78 is 6.99. The second-order valence-corrected chi connectivity index (χ2v) is 6.62. The predicted molar refractivity (Wildman–Crippen MR) is 102 cm³/mol. The SMILES string of the molecule is Cc1cc(C(=O)COC(=O)C[C@@H](NC(N)=O)c2ccccc2Cl)c(C)n1C. The number of aromatic nitrogens is 1. The molecule has 7 nitrogen and oxygen atoms in total. The lowest BCUT2D eigenvalue weighted by Crippen LogP contribution is -2.35. The van der Waals surface area contributed by atoms with E-state index in [1.165, 1.54) is 0 Å². The zero-order valence-corrected chi connectivity index (χ0v) is 16.2. The number of esters is 1. The lowest BCUT2D eigenvalue weighted by atomic mass is 10.0. The Hall–Kier alpha value is -2.80. The van der Waals surface area contributed by atoms with Gasteiger partial charge in [0, 0.05) is 29.0 Å². The molecule has 0 unspecified atom stereocenters. The molecule has 0 fully saturated rings. The third-order valence-electron chi connectivity index (χ3n) is 4.41. The number of rotatable bonds is 7. The minimum atomic E-state index is -0.792. The molecular formula is C19H22ClN3O4. The zero-order chi connectivity index (χ0) is 20.1. The van der Waals surface area contributed by atoms with Gasteiger partial charge in [-0.2, -0.15) is 0 Å². The van der Waals surface area contributed by atoms with E-state index in [0.717, 1.165) is 11.4 Å². The number of aryl methyl sites for hydroxylation is 1. The molecule has 0 spiro atoms. The van der Waals surface area contributed by atoms with Gasteiger partial charge in [0.2, 0.25) is 5.78 Å². The molecule has 2 aromatic rings. The number of benzene rings is 1. The Balaban J connectivity index is 2.03. The fraction of sp³-hybridized carbons (Fsp3) is 0.316. The van der Waals surface area contributed by atoms with Crippen LogP contribution in [0.5, 0.6) is 0 Å².